The molecule has 0 aliphatic heterocycles. The van der Waals surface area contributed by atoms with E-state index in [0.29, 0.717) is 26.1 Å². The van der Waals surface area contributed by atoms with E-state index in [2.05, 4.69) is 35.9 Å². The maximum atomic E-state index is 12.2. The summed E-state index contributed by atoms with van der Waals surface area (Å²) in [4.78, 5) is 17.0. The van der Waals surface area contributed by atoms with E-state index in [9.17, 15) is 9.90 Å². The lowest BCUT2D eigenvalue weighted by molar-refractivity contribution is 0.232. The third kappa shape index (κ3) is 11.2. The van der Waals surface area contributed by atoms with Gasteiger partial charge in [-0.3, -0.25) is 4.68 Å². The van der Waals surface area contributed by atoms with Crippen LogP contribution in [-0.2, 0) is 19.4 Å². The molecule has 13 heteroatoms. The highest BCUT2D eigenvalue weighted by atomic mass is 33.1. The third-order valence-electron chi connectivity index (χ3n) is 4.71. The number of carbonyl (C=O) groups excluding carboxylic acids is 1. The zero-order valence-electron chi connectivity index (χ0n) is 18.9. The van der Waals surface area contributed by atoms with E-state index >= 15 is 0 Å². The fourth-order valence-electron chi connectivity index (χ4n) is 2.85. The molecule has 2 amide bonds. The molecule has 0 saturated heterocycles. The lowest BCUT2D eigenvalue weighted by Crippen LogP contribution is -2.45. The first-order valence-electron chi connectivity index (χ1n) is 10.6. The number of azide groups is 1. The SMILES string of the molecule is CN(C)[C@H](CNC(=O)NCCc1cn(CCSSCCN=[N+]=[N-])nn1)Cc1ccc(O)cc1. The summed E-state index contributed by atoms with van der Waals surface area (Å²) in [5.74, 6) is 1.91. The van der Waals surface area contributed by atoms with Crippen molar-refractivity contribution in [1.82, 2.24) is 30.5 Å². The second-order valence-corrected chi connectivity index (χ2v) is 10.1. The minimum Gasteiger partial charge on any atom is -0.508 e. The van der Waals surface area contributed by atoms with Crippen LogP contribution in [0.2, 0.25) is 0 Å². The van der Waals surface area contributed by atoms with Crippen molar-refractivity contribution in [1.29, 1.82) is 0 Å². The van der Waals surface area contributed by atoms with Crippen molar-refractivity contribution >= 4 is 27.6 Å². The van der Waals surface area contributed by atoms with Crippen molar-refractivity contribution in [3.63, 3.8) is 0 Å². The average Bonchev–Trinajstić information content (AvgIpc) is 3.24. The van der Waals surface area contributed by atoms with Crippen LogP contribution in [0, 0.1) is 0 Å². The Kier molecular flexibility index (Phi) is 12.3. The molecule has 11 nitrogen and oxygen atoms in total. The Morgan fingerprint density at radius 3 is 2.76 bits per heavy atom. The molecule has 0 fully saturated rings. The fraction of sp³-hybridized carbons (Fsp3) is 0.550. The van der Waals surface area contributed by atoms with E-state index < -0.39 is 0 Å². The number of aryl methyl sites for hydroxylation is 1. The number of likely N-dealkylation sites (N-methyl/N-ethyl adjacent to an activating group) is 1. The zero-order valence-corrected chi connectivity index (χ0v) is 20.6. The molecule has 0 saturated carbocycles. The monoisotopic (exact) mass is 493 g/mol. The Morgan fingerprint density at radius 1 is 1.27 bits per heavy atom. The molecule has 180 valence electrons. The number of nitrogens with zero attached hydrogens (tertiary/aromatic N) is 7. The maximum absolute atomic E-state index is 12.2. The van der Waals surface area contributed by atoms with Gasteiger partial charge in [-0.1, -0.05) is 44.0 Å². The van der Waals surface area contributed by atoms with Gasteiger partial charge in [-0.15, -0.1) is 5.10 Å². The molecular formula is C20H31N9O2S2. The van der Waals surface area contributed by atoms with Crippen molar-refractivity contribution in [3.8, 4) is 5.75 Å². The quantitative estimate of drug-likeness (QED) is 0.114. The summed E-state index contributed by atoms with van der Waals surface area (Å²) in [6, 6.07) is 7.05. The van der Waals surface area contributed by atoms with Gasteiger partial charge in [0, 0.05) is 54.7 Å². The van der Waals surface area contributed by atoms with Crippen LogP contribution in [0.4, 0.5) is 4.79 Å². The van der Waals surface area contributed by atoms with Gasteiger partial charge in [0.2, 0.25) is 0 Å². The molecule has 2 rings (SSSR count). The van der Waals surface area contributed by atoms with Crippen molar-refractivity contribution in [3.05, 3.63) is 52.2 Å². The molecule has 0 bridgehead atoms. The van der Waals surface area contributed by atoms with Gasteiger partial charge in [0.15, 0.2) is 0 Å². The van der Waals surface area contributed by atoms with Gasteiger partial charge in [-0.25, -0.2) is 4.79 Å². The van der Waals surface area contributed by atoms with E-state index in [1.165, 1.54) is 0 Å². The number of carbonyl (C=O) groups is 1. The van der Waals surface area contributed by atoms with Crippen molar-refractivity contribution in [2.75, 3.05) is 45.2 Å². The van der Waals surface area contributed by atoms with Crippen LogP contribution < -0.4 is 10.6 Å². The summed E-state index contributed by atoms with van der Waals surface area (Å²) < 4.78 is 1.79. The Balaban J connectivity index is 1.62. The highest BCUT2D eigenvalue weighted by Gasteiger charge is 2.14. The van der Waals surface area contributed by atoms with Crippen LogP contribution in [0.5, 0.6) is 5.75 Å². The number of urea groups is 1. The normalized spacial score (nSPS) is 11.7. The van der Waals surface area contributed by atoms with Gasteiger partial charge in [-0.2, -0.15) is 0 Å². The van der Waals surface area contributed by atoms with E-state index in [1.54, 1.807) is 38.4 Å². The Labute approximate surface area is 201 Å². The van der Waals surface area contributed by atoms with E-state index in [4.69, 9.17) is 5.53 Å². The van der Waals surface area contributed by atoms with Crippen LogP contribution in [0.15, 0.2) is 35.6 Å². The molecule has 1 atom stereocenters. The second-order valence-electron chi connectivity index (χ2n) is 7.45. The van der Waals surface area contributed by atoms with Gasteiger partial charge in [0.1, 0.15) is 5.75 Å². The Morgan fingerprint density at radius 2 is 2.03 bits per heavy atom. The first kappa shape index (κ1) is 26.7. The van der Waals surface area contributed by atoms with Gasteiger partial charge < -0.3 is 20.6 Å². The van der Waals surface area contributed by atoms with Crippen LogP contribution in [0.25, 0.3) is 10.4 Å². The predicted octanol–water partition coefficient (Wildman–Crippen LogP) is 2.69. The van der Waals surface area contributed by atoms with Gasteiger partial charge >= 0.3 is 6.03 Å². The molecule has 33 heavy (non-hydrogen) atoms. The standard InChI is InChI=1S/C20H31N9O2S2/c1-28(2)18(13-16-3-5-19(30)6-4-16)14-23-20(31)22-8-7-17-15-29(27-25-17)10-12-33-32-11-9-24-26-21/h3-6,15,18,30H,7-14H2,1-2H3,(H2,22,23,31)/t18-/m0/s1. The molecule has 1 aromatic heterocycles. The lowest BCUT2D eigenvalue weighted by Gasteiger charge is -2.25. The van der Waals surface area contributed by atoms with E-state index in [0.717, 1.165) is 35.7 Å². The third-order valence-corrected chi connectivity index (χ3v) is 7.08. The molecule has 0 aliphatic carbocycles. The van der Waals surface area contributed by atoms with Crippen molar-refractivity contribution in [2.45, 2.75) is 25.4 Å². The Bertz CT molecular complexity index is 886. The fourth-order valence-corrected chi connectivity index (χ4v) is 4.66. The number of benzene rings is 1. The van der Waals surface area contributed by atoms with Crippen LogP contribution >= 0.6 is 21.6 Å². The molecule has 0 spiro atoms. The van der Waals surface area contributed by atoms with Gasteiger partial charge in [0.05, 0.1) is 12.2 Å². The van der Waals surface area contributed by atoms with E-state index in [-0.39, 0.29) is 17.8 Å². The summed E-state index contributed by atoms with van der Waals surface area (Å²) in [7, 11) is 7.33. The summed E-state index contributed by atoms with van der Waals surface area (Å²) in [5.41, 5.74) is 10.2. The highest BCUT2D eigenvalue weighted by molar-refractivity contribution is 8.76. The topological polar surface area (TPSA) is 144 Å². The molecular weight excluding hydrogens is 462 g/mol. The smallest absolute Gasteiger partial charge is 0.314 e. The summed E-state index contributed by atoms with van der Waals surface area (Å²) in [6.07, 6.45) is 3.26. The number of aromatic nitrogens is 3. The summed E-state index contributed by atoms with van der Waals surface area (Å²) >= 11 is 0. The molecule has 1 heterocycles. The van der Waals surface area contributed by atoms with Crippen molar-refractivity contribution < 1.29 is 9.90 Å². The number of hydrogen-bond acceptors (Lipinski definition) is 8. The number of nitrogens with one attached hydrogen (secondary N) is 2. The predicted molar refractivity (Wildman–Crippen MR) is 133 cm³/mol. The number of rotatable bonds is 15. The maximum Gasteiger partial charge on any atom is 0.314 e. The summed E-state index contributed by atoms with van der Waals surface area (Å²) in [5, 5.41) is 27.0. The number of phenols is 1. The molecule has 0 aliphatic rings. The van der Waals surface area contributed by atoms with Gasteiger partial charge in [-0.05, 0) is 43.7 Å². The average molecular weight is 494 g/mol. The first-order chi connectivity index (χ1) is 16.0. The highest BCUT2D eigenvalue weighted by Crippen LogP contribution is 2.20. The minimum absolute atomic E-state index is 0.135. The number of phenolic OH excluding ortho intramolecular Hbond substituents is 1. The van der Waals surface area contributed by atoms with E-state index in [1.807, 2.05) is 32.4 Å². The van der Waals surface area contributed by atoms with Gasteiger partial charge in [0.25, 0.3) is 0 Å². The largest absolute Gasteiger partial charge is 0.508 e. The van der Waals surface area contributed by atoms with Crippen LogP contribution in [0.1, 0.15) is 11.3 Å². The summed E-state index contributed by atoms with van der Waals surface area (Å²) in [6.45, 7) is 2.22. The molecule has 3 N–H and O–H groups in total. The minimum atomic E-state index is -0.214. The molecule has 1 aromatic carbocycles. The van der Waals surface area contributed by atoms with Crippen LogP contribution in [0.3, 0.4) is 0 Å². The van der Waals surface area contributed by atoms with Crippen molar-refractivity contribution in [2.24, 2.45) is 5.11 Å². The molecule has 0 unspecified atom stereocenters. The number of aromatic hydroxyl groups is 1. The zero-order chi connectivity index (χ0) is 23.9. The number of hydrogen-bond donors (Lipinski definition) is 3. The molecule has 0 radical (unpaired) electrons. The number of amides is 2. The van der Waals surface area contributed by atoms with Crippen LogP contribution in [-0.4, -0.2) is 82.3 Å². The molecule has 2 aromatic rings. The Hall–Kier alpha value is -2.60. The lowest BCUT2D eigenvalue weighted by atomic mass is 10.1. The first-order valence-corrected chi connectivity index (χ1v) is 13.1. The second kappa shape index (κ2) is 15.3.